The first kappa shape index (κ1) is 119. The van der Waals surface area contributed by atoms with Crippen LogP contribution in [0, 0.1) is 0 Å². The highest BCUT2D eigenvalue weighted by Gasteiger charge is 2.65. The van der Waals surface area contributed by atoms with E-state index in [-0.39, 0.29) is 25.8 Å². The van der Waals surface area contributed by atoms with Gasteiger partial charge in [0.15, 0.2) is 37.6 Å². The Balaban J connectivity index is 0.961. The number of carbonyl (C=O) groups excluding carboxylic acids is 10. The van der Waals surface area contributed by atoms with Crippen LogP contribution in [-0.4, -0.2) is 514 Å². The molecule has 8 aliphatic rings. The van der Waals surface area contributed by atoms with E-state index in [1.165, 1.54) is 34.6 Å². The van der Waals surface area contributed by atoms with Crippen molar-refractivity contribution in [3.8, 4) is 0 Å². The lowest BCUT2D eigenvalue weighted by Crippen LogP contribution is -2.72. The van der Waals surface area contributed by atoms with Crippen molar-refractivity contribution < 1.29 is 251 Å². The summed E-state index contributed by atoms with van der Waals surface area (Å²) >= 11 is 0. The average molecular weight is 2060 g/mol. The van der Waals surface area contributed by atoms with Crippen LogP contribution in [0.25, 0.3) is 0 Å². The highest BCUT2D eigenvalue weighted by Crippen LogP contribution is 2.43. The van der Waals surface area contributed by atoms with Gasteiger partial charge in [-0.2, -0.15) is 0 Å². The summed E-state index contributed by atoms with van der Waals surface area (Å²) in [6.07, 6.45) is -80.8. The Kier molecular flexibility index (Phi) is 43.9. The van der Waals surface area contributed by atoms with Gasteiger partial charge in [-0.3, -0.25) is 43.2 Å². The summed E-state index contributed by atoms with van der Waals surface area (Å²) in [5.74, 6) is -21.0. The van der Waals surface area contributed by atoms with Crippen LogP contribution >= 0.6 is 0 Å². The Hall–Kier alpha value is -7.80. The van der Waals surface area contributed by atoms with Crippen molar-refractivity contribution in [1.82, 2.24) is 47.9 Å². The lowest BCUT2D eigenvalue weighted by molar-refractivity contribution is -0.386. The molecule has 33 N–H and O–H groups in total. The number of carbonyl (C=O) groups is 12. The van der Waals surface area contributed by atoms with Gasteiger partial charge in [0.2, 0.25) is 53.2 Å². The number of aliphatic carboxylic acids is 2. The van der Waals surface area contributed by atoms with Gasteiger partial charge in [-0.25, -0.2) is 14.4 Å². The first-order valence-corrected chi connectivity index (χ1v) is 45.5. The third kappa shape index (κ3) is 29.8. The lowest BCUT2D eigenvalue weighted by Gasteiger charge is -2.52. The van der Waals surface area contributed by atoms with E-state index >= 15 is 0 Å². The maximum Gasteiger partial charge on any atom is 0.364 e. The predicted octanol–water partition coefficient (Wildman–Crippen LogP) is -18.4. The minimum absolute atomic E-state index is 0.0339. The number of hydrogen-bond donors (Lipinski definition) is 33. The number of aliphatic hydroxyl groups is 22. The number of unbranched alkanes of at least 4 members (excludes halogenated alkanes) is 2. The number of carboxylic acids is 2. The Morgan fingerprint density at radius 1 is 0.387 bits per heavy atom. The summed E-state index contributed by atoms with van der Waals surface area (Å²) in [6.45, 7) is 3.97. The second-order valence-electron chi connectivity index (χ2n) is 36.7. The Bertz CT molecular complexity index is 4200. The number of nitrogens with one attached hydrogen (secondary N) is 9. The zero-order valence-electron chi connectivity index (χ0n) is 78.6. The quantitative estimate of drug-likeness (QED) is 0.0199. The van der Waals surface area contributed by atoms with E-state index in [1.807, 2.05) is 0 Å². The van der Waals surface area contributed by atoms with E-state index < -0.39 is 417 Å². The zero-order chi connectivity index (χ0) is 106. The van der Waals surface area contributed by atoms with Crippen molar-refractivity contribution in [1.29, 1.82) is 0 Å². The molecule has 60 heteroatoms. The molecule has 142 heavy (non-hydrogen) atoms. The fourth-order valence-corrected chi connectivity index (χ4v) is 17.3. The van der Waals surface area contributed by atoms with Crippen LogP contribution in [0.4, 0.5) is 0 Å². The van der Waals surface area contributed by atoms with Crippen molar-refractivity contribution in [2.75, 3.05) is 46.2 Å². The molecule has 8 heterocycles. The van der Waals surface area contributed by atoms with Gasteiger partial charge in [0.05, 0.1) is 89.0 Å². The topological polar surface area (TPSA) is 937 Å². The van der Waals surface area contributed by atoms with Crippen molar-refractivity contribution in [3.63, 3.8) is 0 Å². The largest absolute Gasteiger partial charge is 0.477 e. The molecule has 8 rings (SSSR count). The Labute approximate surface area is 808 Å². The van der Waals surface area contributed by atoms with E-state index in [2.05, 4.69) is 47.9 Å². The molecular weight excluding hydrogens is 1930 g/mol. The molecule has 814 valence electrons. The van der Waals surface area contributed by atoms with Gasteiger partial charge >= 0.3 is 17.9 Å². The van der Waals surface area contributed by atoms with Crippen LogP contribution in [0.15, 0.2) is 0 Å². The summed E-state index contributed by atoms with van der Waals surface area (Å²) in [7, 11) is 0. The minimum Gasteiger partial charge on any atom is -0.477 e. The number of amides is 9. The van der Waals surface area contributed by atoms with Crippen molar-refractivity contribution in [3.05, 3.63) is 0 Å². The van der Waals surface area contributed by atoms with Crippen molar-refractivity contribution in [2.45, 2.75) is 395 Å². The van der Waals surface area contributed by atoms with Crippen LogP contribution in [0.5, 0.6) is 0 Å². The maximum absolute atomic E-state index is 14.6. The number of hydrogen-bond acceptors (Lipinski definition) is 49. The van der Waals surface area contributed by atoms with Crippen molar-refractivity contribution >= 4 is 71.1 Å². The van der Waals surface area contributed by atoms with Gasteiger partial charge in [-0.15, -0.1) is 0 Å². The maximum atomic E-state index is 14.6. The average Bonchev–Trinajstić information content (AvgIpc) is 0.746. The zero-order valence-corrected chi connectivity index (χ0v) is 78.6. The van der Waals surface area contributed by atoms with Crippen LogP contribution < -0.4 is 47.9 Å². The standard InChI is InChI=1S/C82H135N9O51/c1-26-50(110)56(116)58(118)74(128-26)136-66-48(87-31(6)101)71(130-41(24-96)62(66)134-76-60(120)68(54(114)39(22-94)132-76)140-81(78(124)125)18-35(103)46(85-29(4)99)64(138-81)52(112)37(105)20-92)90-44(108)16-33(84-28(3)98)70(122)83-15-13-11-12-14-43(107)89-34(73(123)142-80(8,9)10)17-45(109)91-72-49(88-32(7)102)67(137-75-59(119)57(117)51(111)27(2)129-75)63(42(25-97)131-72)135-77-61(121)69(55(115)40(23-95)133-77)141-82(79(126)127)19-36(104)47(86-30(5)100)65(139-82)53(113)38(106)21-93/h26-27,33-42,46-69,71-72,74-77,92-97,103-106,110-121H,11-25H2,1-10H3,(H,83,122)(H,84,98)(H,85,99)(H,86,100)(H,87,101)(H,88,102)(H,89,107)(H,90,108)(H,91,109)(H,124,125)(H,126,127)/t26-,27-,33-,34-,35-,36-,37+,38+,39+,40+,41+,42+,46+,47+,48+,49+,50+,51+,52+,53+,54-,55-,56+,57+,58-,59-,60+,61+,62+,63+,64+,65+,66+,67+,68-,69-,71+,72+,74-,75-,76-,77-,81-,82-/m0/s1. The predicted molar refractivity (Wildman–Crippen MR) is 454 cm³/mol. The highest BCUT2D eigenvalue weighted by molar-refractivity contribution is 5.92. The van der Waals surface area contributed by atoms with E-state index in [9.17, 15) is 180 Å². The van der Waals surface area contributed by atoms with Gasteiger partial charge in [-0.05, 0) is 47.5 Å². The Morgan fingerprint density at radius 3 is 1.09 bits per heavy atom. The summed E-state index contributed by atoms with van der Waals surface area (Å²) in [5, 5.41) is 285. The molecule has 0 unspecified atom stereocenters. The number of aliphatic hydroxyl groups excluding tert-OH is 22. The van der Waals surface area contributed by atoms with Crippen LogP contribution in [0.3, 0.4) is 0 Å². The van der Waals surface area contributed by atoms with Gasteiger partial charge in [-0.1, -0.05) is 6.42 Å². The number of carboxylic acid groups (broad SMARTS) is 2. The molecular formula is C82H135N9O51. The summed E-state index contributed by atoms with van der Waals surface area (Å²) < 4.78 is 88.7. The third-order valence-electron chi connectivity index (χ3n) is 24.4. The SMILES string of the molecule is CC(=O)N[C@@H]1[C@@H](O[C@@H]2O[C@@H](C)[C@@H](O)[C@@H](O)[C@@H]2O)[C@H](O[C@@H]2O[C@H](CO)[C@H](O)[C@H](O[C@]3(C(=O)O)C[C@H](O)[C@@H](NC(C)=O)[C@H]([C@H](O)[C@H](O)CO)O3)[C@H]2O)[C@@H](CO)O[C@H]1NC(=O)C[C@H](NC(C)=O)C(=O)NCCCCCC(=O)N[C@@H](CC(=O)N[C@@H]1O[C@H](CO)[C@@H](O[C@@H]2O[C@H](CO)[C@H](O)[C@H](O[C@]3(C(=O)O)C[C@H](O)[C@@H](NC(C)=O)[C@H]([C@H](O)[C@H](O)CO)O3)[C@H]2O)[C@H](O[C@@H]2O[C@@H](C)[C@@H](O)[C@@H](O)[C@@H]2O)[C@H]1NC(C)=O)C(=O)OC(C)(C)C. The molecule has 0 spiro atoms. The minimum atomic E-state index is -3.31. The molecule has 0 radical (unpaired) electrons. The van der Waals surface area contributed by atoms with Crippen molar-refractivity contribution in [2.24, 2.45) is 0 Å². The second-order valence-corrected chi connectivity index (χ2v) is 36.7. The normalized spacial score (nSPS) is 39.0. The smallest absolute Gasteiger partial charge is 0.364 e. The van der Waals surface area contributed by atoms with E-state index in [0.717, 1.165) is 34.6 Å². The summed E-state index contributed by atoms with van der Waals surface area (Å²) in [4.78, 5) is 162. The number of esters is 1. The molecule has 0 bridgehead atoms. The molecule has 44 atom stereocenters. The van der Waals surface area contributed by atoms with Crippen LogP contribution in [-0.2, 0) is 129 Å². The molecule has 8 aliphatic heterocycles. The van der Waals surface area contributed by atoms with Crippen LogP contribution in [0.2, 0.25) is 0 Å². The molecule has 0 aliphatic carbocycles. The second kappa shape index (κ2) is 52.2. The molecule has 0 aromatic rings. The molecule has 8 fully saturated rings. The fourth-order valence-electron chi connectivity index (χ4n) is 17.3. The van der Waals surface area contributed by atoms with E-state index in [1.54, 1.807) is 0 Å². The van der Waals surface area contributed by atoms with Gasteiger partial charge in [0.1, 0.15) is 188 Å². The Morgan fingerprint density at radius 2 is 0.746 bits per heavy atom. The number of ether oxygens (including phenoxy) is 15. The fraction of sp³-hybridized carbons (Fsp3) is 0.854. The number of rotatable bonds is 44. The summed E-state index contributed by atoms with van der Waals surface area (Å²) in [6, 6.07) is -11.0. The first-order valence-electron chi connectivity index (χ1n) is 45.5. The third-order valence-corrected chi connectivity index (χ3v) is 24.4. The summed E-state index contributed by atoms with van der Waals surface area (Å²) in [5.41, 5.74) is -1.31. The van der Waals surface area contributed by atoms with Crippen LogP contribution in [0.1, 0.15) is 121 Å². The van der Waals surface area contributed by atoms with Gasteiger partial charge < -0.3 is 241 Å². The molecule has 0 aromatic heterocycles. The van der Waals surface area contributed by atoms with Gasteiger partial charge in [0.25, 0.3) is 11.6 Å². The molecule has 0 saturated carbocycles. The van der Waals surface area contributed by atoms with Gasteiger partial charge in [0, 0.05) is 60.4 Å². The monoisotopic (exact) mass is 2060 g/mol. The molecule has 0 aromatic carbocycles. The van der Waals surface area contributed by atoms with E-state index in [0.29, 0.717) is 0 Å². The molecule has 60 nitrogen and oxygen atoms in total. The highest BCUT2D eigenvalue weighted by atomic mass is 16.8. The molecule has 9 amide bonds. The first-order chi connectivity index (χ1) is 66.4. The van der Waals surface area contributed by atoms with E-state index in [4.69, 9.17) is 71.1 Å². The lowest BCUT2D eigenvalue weighted by atomic mass is 9.88. The molecule has 8 saturated heterocycles.